The van der Waals surface area contributed by atoms with Crippen molar-refractivity contribution < 1.29 is 0 Å². The van der Waals surface area contributed by atoms with Gasteiger partial charge in [0.15, 0.2) is 0 Å². The van der Waals surface area contributed by atoms with Crippen LogP contribution in [0.1, 0.15) is 39.5 Å². The Kier molecular flexibility index (Phi) is 1.74. The molecule has 0 saturated heterocycles. The minimum Gasteiger partial charge on any atom is -0.0873 e. The molecule has 14 heavy (non-hydrogen) atoms. The van der Waals surface area contributed by atoms with Crippen molar-refractivity contribution in [1.82, 2.24) is 0 Å². The molecule has 0 aromatic rings. The lowest BCUT2D eigenvalue weighted by Gasteiger charge is -2.30. The van der Waals surface area contributed by atoms with Gasteiger partial charge in [0, 0.05) is 5.92 Å². The second-order valence-corrected chi connectivity index (χ2v) is 4.97. The molecule has 0 aromatic carbocycles. The van der Waals surface area contributed by atoms with Gasteiger partial charge in [-0.3, -0.25) is 0 Å². The third-order valence-corrected chi connectivity index (χ3v) is 4.39. The molecule has 0 nitrogen and oxygen atoms in total. The van der Waals surface area contributed by atoms with E-state index in [9.17, 15) is 0 Å². The number of rotatable bonds is 0. The predicted molar refractivity (Wildman–Crippen MR) is 60.0 cm³/mol. The minimum atomic E-state index is 0.756. The number of hydrogen-bond donors (Lipinski definition) is 0. The van der Waals surface area contributed by atoms with Gasteiger partial charge in [0.2, 0.25) is 0 Å². The molecule has 2 atom stereocenters. The largest absolute Gasteiger partial charge is 0.0873 e. The Morgan fingerprint density at radius 1 is 1.07 bits per heavy atom. The fourth-order valence-electron chi connectivity index (χ4n) is 3.58. The smallest absolute Gasteiger partial charge is 0.00485 e. The van der Waals surface area contributed by atoms with E-state index >= 15 is 0 Å². The molecule has 1 saturated carbocycles. The van der Waals surface area contributed by atoms with Crippen LogP contribution in [0.25, 0.3) is 0 Å². The van der Waals surface area contributed by atoms with E-state index in [0.717, 1.165) is 11.8 Å². The summed E-state index contributed by atoms with van der Waals surface area (Å²) in [7, 11) is 0. The second kappa shape index (κ2) is 2.85. The average molecular weight is 186 g/mol. The van der Waals surface area contributed by atoms with Gasteiger partial charge in [-0.2, -0.15) is 0 Å². The molecule has 74 valence electrons. The third kappa shape index (κ3) is 0.945. The van der Waals surface area contributed by atoms with Crippen molar-refractivity contribution in [1.29, 1.82) is 0 Å². The van der Waals surface area contributed by atoms with Crippen molar-refractivity contribution in [3.63, 3.8) is 0 Å². The molecule has 0 bridgehead atoms. The third-order valence-electron chi connectivity index (χ3n) is 4.39. The van der Waals surface area contributed by atoms with E-state index in [2.05, 4.69) is 26.0 Å². The maximum Gasteiger partial charge on any atom is 0.00485 e. The predicted octanol–water partition coefficient (Wildman–Crippen LogP) is 4.01. The van der Waals surface area contributed by atoms with Gasteiger partial charge >= 0.3 is 0 Å². The molecule has 0 radical (unpaired) electrons. The van der Waals surface area contributed by atoms with Crippen LogP contribution in [0.15, 0.2) is 34.4 Å². The van der Waals surface area contributed by atoms with Crippen LogP contribution >= 0.6 is 0 Å². The zero-order valence-corrected chi connectivity index (χ0v) is 9.14. The molecule has 0 aliphatic heterocycles. The Balaban J connectivity index is 2.15. The number of fused-ring (bicyclic) bond motifs is 2. The highest BCUT2D eigenvalue weighted by Gasteiger charge is 2.34. The molecule has 0 N–H and O–H groups in total. The summed E-state index contributed by atoms with van der Waals surface area (Å²) in [5.41, 5.74) is 6.84. The number of hydrogen-bond acceptors (Lipinski definition) is 0. The average Bonchev–Trinajstić information content (AvgIpc) is 2.82. The summed E-state index contributed by atoms with van der Waals surface area (Å²) >= 11 is 0. The molecule has 3 aliphatic carbocycles. The van der Waals surface area contributed by atoms with E-state index in [1.807, 2.05) is 0 Å². The van der Waals surface area contributed by atoms with Crippen molar-refractivity contribution >= 4 is 0 Å². The standard InChI is InChI=1S/C14H18/c1-9-11-5-3-7-13(11)10(2)14-8-4-6-12(9)14/h3,5,11,13H,4,6-8H2,1-2H3. The van der Waals surface area contributed by atoms with Crippen molar-refractivity contribution in [2.24, 2.45) is 11.8 Å². The maximum atomic E-state index is 2.44. The zero-order chi connectivity index (χ0) is 9.71. The van der Waals surface area contributed by atoms with Crippen LogP contribution < -0.4 is 0 Å². The quantitative estimate of drug-likeness (QED) is 0.501. The first-order chi connectivity index (χ1) is 6.79. The number of allylic oxidation sites excluding steroid dienone is 6. The molecule has 3 rings (SSSR count). The molecule has 0 heteroatoms. The van der Waals surface area contributed by atoms with Crippen LogP contribution in [0.3, 0.4) is 0 Å². The second-order valence-electron chi connectivity index (χ2n) is 4.97. The first-order valence-electron chi connectivity index (χ1n) is 5.85. The van der Waals surface area contributed by atoms with Crippen LogP contribution in [0.2, 0.25) is 0 Å². The van der Waals surface area contributed by atoms with Crippen LogP contribution in [-0.2, 0) is 0 Å². The first kappa shape index (κ1) is 8.52. The maximum absolute atomic E-state index is 2.44. The van der Waals surface area contributed by atoms with E-state index in [4.69, 9.17) is 0 Å². The first-order valence-corrected chi connectivity index (χ1v) is 5.85. The van der Waals surface area contributed by atoms with Crippen LogP contribution in [0.5, 0.6) is 0 Å². The summed E-state index contributed by atoms with van der Waals surface area (Å²) in [6, 6.07) is 0. The van der Waals surface area contributed by atoms with Gasteiger partial charge < -0.3 is 0 Å². The van der Waals surface area contributed by atoms with E-state index < -0.39 is 0 Å². The summed E-state index contributed by atoms with van der Waals surface area (Å²) in [4.78, 5) is 0. The van der Waals surface area contributed by atoms with Crippen LogP contribution in [0.4, 0.5) is 0 Å². The van der Waals surface area contributed by atoms with Crippen molar-refractivity contribution in [3.8, 4) is 0 Å². The Hall–Kier alpha value is -0.780. The normalized spacial score (nSPS) is 35.3. The lowest BCUT2D eigenvalue weighted by molar-refractivity contribution is 0.525. The summed E-state index contributed by atoms with van der Waals surface area (Å²) in [5.74, 6) is 1.58. The highest BCUT2D eigenvalue weighted by atomic mass is 14.4. The fraction of sp³-hybridized carbons (Fsp3) is 0.571. The van der Waals surface area contributed by atoms with Crippen molar-refractivity contribution in [2.45, 2.75) is 39.5 Å². The summed E-state index contributed by atoms with van der Waals surface area (Å²) in [6.07, 6.45) is 10.2. The molecule has 0 spiro atoms. The van der Waals surface area contributed by atoms with Crippen molar-refractivity contribution in [3.05, 3.63) is 34.4 Å². The van der Waals surface area contributed by atoms with Crippen molar-refractivity contribution in [2.75, 3.05) is 0 Å². The fourth-order valence-corrected chi connectivity index (χ4v) is 3.58. The molecule has 3 aliphatic rings. The Morgan fingerprint density at radius 3 is 2.57 bits per heavy atom. The van der Waals surface area contributed by atoms with Gasteiger partial charge in [-0.05, 0) is 56.6 Å². The topological polar surface area (TPSA) is 0 Å². The Morgan fingerprint density at radius 2 is 1.79 bits per heavy atom. The van der Waals surface area contributed by atoms with Gasteiger partial charge in [0.25, 0.3) is 0 Å². The molecule has 0 amide bonds. The van der Waals surface area contributed by atoms with E-state index in [1.165, 1.54) is 25.7 Å². The highest BCUT2D eigenvalue weighted by molar-refractivity contribution is 5.49. The van der Waals surface area contributed by atoms with E-state index in [0.29, 0.717) is 0 Å². The zero-order valence-electron chi connectivity index (χ0n) is 9.14. The van der Waals surface area contributed by atoms with Gasteiger partial charge in [0.1, 0.15) is 0 Å². The van der Waals surface area contributed by atoms with E-state index in [1.54, 1.807) is 22.3 Å². The highest BCUT2D eigenvalue weighted by Crippen LogP contribution is 2.49. The molecular weight excluding hydrogens is 168 g/mol. The van der Waals surface area contributed by atoms with Crippen LogP contribution in [0, 0.1) is 11.8 Å². The van der Waals surface area contributed by atoms with E-state index in [-0.39, 0.29) is 0 Å². The lowest BCUT2D eigenvalue weighted by atomic mass is 9.75. The van der Waals surface area contributed by atoms with Gasteiger partial charge in [-0.1, -0.05) is 23.3 Å². The SMILES string of the molecule is CC1=C2CCCC2=C(C)C2CC=CC12. The molecular formula is C14H18. The van der Waals surface area contributed by atoms with Gasteiger partial charge in [-0.25, -0.2) is 0 Å². The van der Waals surface area contributed by atoms with Gasteiger partial charge in [-0.15, -0.1) is 0 Å². The monoisotopic (exact) mass is 186 g/mol. The summed E-state index contributed by atoms with van der Waals surface area (Å²) < 4.78 is 0. The minimum absolute atomic E-state index is 0.756. The molecule has 0 aromatic heterocycles. The molecule has 2 unspecified atom stereocenters. The molecule has 0 heterocycles. The lowest BCUT2D eigenvalue weighted by Crippen LogP contribution is -2.18. The van der Waals surface area contributed by atoms with Crippen LogP contribution in [-0.4, -0.2) is 0 Å². The summed E-state index contributed by atoms with van der Waals surface area (Å²) in [6.45, 7) is 4.73. The Bertz CT molecular complexity index is 365. The Labute approximate surface area is 86.4 Å². The van der Waals surface area contributed by atoms with Gasteiger partial charge in [0.05, 0.1) is 0 Å². The summed E-state index contributed by atoms with van der Waals surface area (Å²) in [5, 5.41) is 0. The molecule has 1 fully saturated rings.